The first-order valence-electron chi connectivity index (χ1n) is 19.6. The molecule has 0 unspecified atom stereocenters. The van der Waals surface area contributed by atoms with Crippen LogP contribution in [0.15, 0.2) is 18.3 Å². The van der Waals surface area contributed by atoms with Crippen LogP contribution in [0.5, 0.6) is 0 Å². The molecule has 2 atom stereocenters. The van der Waals surface area contributed by atoms with E-state index < -0.39 is 5.60 Å². The van der Waals surface area contributed by atoms with Crippen molar-refractivity contribution in [1.82, 2.24) is 15.2 Å². The quantitative estimate of drug-likeness (QED) is 0.0818. The molecule has 2 rings (SSSR count). The van der Waals surface area contributed by atoms with Gasteiger partial charge in [0.25, 0.3) is 0 Å². The van der Waals surface area contributed by atoms with Gasteiger partial charge in [-0.15, -0.1) is 0 Å². The zero-order valence-electron chi connectivity index (χ0n) is 32.0. The highest BCUT2D eigenvalue weighted by molar-refractivity contribution is 5.81. The first kappa shape index (κ1) is 44.6. The Balaban J connectivity index is 0.000000492. The van der Waals surface area contributed by atoms with Gasteiger partial charge in [-0.2, -0.15) is 0 Å². The van der Waals surface area contributed by atoms with Gasteiger partial charge in [0.2, 0.25) is 5.91 Å². The lowest BCUT2D eigenvalue weighted by molar-refractivity contribution is -0.122. The normalized spacial score (nSPS) is 15.0. The number of carbonyl (C=O) groups excluding carboxylic acids is 2. The van der Waals surface area contributed by atoms with Crippen LogP contribution in [0.25, 0.3) is 0 Å². The van der Waals surface area contributed by atoms with Crippen molar-refractivity contribution in [2.24, 2.45) is 11.5 Å². The van der Waals surface area contributed by atoms with Crippen LogP contribution in [0.4, 0.5) is 10.6 Å². The van der Waals surface area contributed by atoms with E-state index in [1.807, 2.05) is 39.8 Å². The summed E-state index contributed by atoms with van der Waals surface area (Å²) in [7, 11) is 0. The van der Waals surface area contributed by atoms with Crippen molar-refractivity contribution in [3.63, 3.8) is 0 Å². The van der Waals surface area contributed by atoms with Crippen LogP contribution in [-0.2, 0) is 16.1 Å². The number of nitrogens with one attached hydrogen (secondary N) is 1. The summed E-state index contributed by atoms with van der Waals surface area (Å²) in [5, 5.41) is 12.4. The maximum atomic E-state index is 12.4. The Morgan fingerprint density at radius 1 is 0.980 bits per heavy atom. The Labute approximate surface area is 299 Å². The molecule has 1 aliphatic heterocycles. The average Bonchev–Trinajstić information content (AvgIpc) is 3.55. The van der Waals surface area contributed by atoms with Gasteiger partial charge in [-0.25, -0.2) is 9.78 Å². The highest BCUT2D eigenvalue weighted by Gasteiger charge is 2.33. The molecular formula is C39H74N6O4. The van der Waals surface area contributed by atoms with Crippen molar-refractivity contribution >= 4 is 17.8 Å². The lowest BCUT2D eigenvalue weighted by Crippen LogP contribution is -2.44. The number of unbranched alkanes of at least 4 members (excludes halogenated alkanes) is 14. The van der Waals surface area contributed by atoms with Gasteiger partial charge in [0.15, 0.2) is 0 Å². The third kappa shape index (κ3) is 20.7. The van der Waals surface area contributed by atoms with Crippen molar-refractivity contribution in [3.05, 3.63) is 23.9 Å². The predicted octanol–water partition coefficient (Wildman–Crippen LogP) is 7.45. The first-order chi connectivity index (χ1) is 23.6. The van der Waals surface area contributed by atoms with Crippen molar-refractivity contribution in [2.75, 3.05) is 37.6 Å². The molecule has 0 saturated carbocycles. The number of aliphatic hydroxyl groups is 1. The molecule has 1 aromatic heterocycles. The molecule has 0 aliphatic carbocycles. The number of aliphatic hydroxyl groups excluding tert-OH is 1. The number of likely N-dealkylation sites (N-methyl/N-ethyl adjacent to an activating group) is 1. The van der Waals surface area contributed by atoms with Gasteiger partial charge >= 0.3 is 6.09 Å². The Kier molecular flexibility index (Phi) is 24.9. The number of carbonyl (C=O) groups is 2. The third-order valence-corrected chi connectivity index (χ3v) is 9.05. The summed E-state index contributed by atoms with van der Waals surface area (Å²) in [6.45, 7) is 13.4. The maximum Gasteiger partial charge on any atom is 0.410 e. The highest BCUT2D eigenvalue weighted by Crippen LogP contribution is 2.25. The number of rotatable bonds is 24. The summed E-state index contributed by atoms with van der Waals surface area (Å²) >= 11 is 0. The molecule has 1 aromatic rings. The zero-order chi connectivity index (χ0) is 36.3. The standard InChI is InChI=1S/C22H47N3O.C17H27N3O3/c1-2-3-4-5-6-7-8-9-10-11-12-13-14-17-20-25-22(26)21(24)18-15-16-19-23;1-5-20(16(22)23-17(2,3)4)14-8-10-19(11-14)15-13(12-21)7-6-9-18-15/h21H,2-20,23-24H2,1H3,(H,25,26);6-7,9,14,21H,5,8,10-12H2,1-4H3/t21-;14-/m01/s1. The lowest BCUT2D eigenvalue weighted by Gasteiger charge is -2.31. The first-order valence-corrected chi connectivity index (χ1v) is 19.6. The molecule has 1 aliphatic rings. The van der Waals surface area contributed by atoms with Crippen LogP contribution < -0.4 is 21.7 Å². The minimum atomic E-state index is -0.492. The molecule has 1 saturated heterocycles. The van der Waals surface area contributed by atoms with Crippen LogP contribution in [0.3, 0.4) is 0 Å². The number of hydrogen-bond donors (Lipinski definition) is 4. The predicted molar refractivity (Wildman–Crippen MR) is 204 cm³/mol. The van der Waals surface area contributed by atoms with Crippen LogP contribution >= 0.6 is 0 Å². The Bertz CT molecular complexity index is 989. The van der Waals surface area contributed by atoms with E-state index in [1.165, 1.54) is 83.5 Å². The number of ether oxygens (including phenoxy) is 1. The molecule has 0 aromatic carbocycles. The monoisotopic (exact) mass is 691 g/mol. The molecular weight excluding hydrogens is 616 g/mol. The van der Waals surface area contributed by atoms with Gasteiger partial charge < -0.3 is 36.4 Å². The smallest absolute Gasteiger partial charge is 0.410 e. The fraction of sp³-hybridized carbons (Fsp3) is 0.821. The summed E-state index contributed by atoms with van der Waals surface area (Å²) in [5.41, 5.74) is 11.6. The van der Waals surface area contributed by atoms with Crippen molar-refractivity contribution in [1.29, 1.82) is 0 Å². The molecule has 2 amide bonds. The van der Waals surface area contributed by atoms with Gasteiger partial charge in [0.05, 0.1) is 18.7 Å². The van der Waals surface area contributed by atoms with Gasteiger partial charge in [-0.05, 0) is 66.0 Å². The number of amides is 2. The molecule has 284 valence electrons. The molecule has 6 N–H and O–H groups in total. The van der Waals surface area contributed by atoms with Crippen molar-refractivity contribution in [3.8, 4) is 0 Å². The van der Waals surface area contributed by atoms with E-state index in [0.29, 0.717) is 19.6 Å². The summed E-state index contributed by atoms with van der Waals surface area (Å²) in [5.74, 6) is 0.800. The second-order valence-corrected chi connectivity index (χ2v) is 14.6. The van der Waals surface area contributed by atoms with Gasteiger partial charge in [0.1, 0.15) is 11.4 Å². The highest BCUT2D eigenvalue weighted by atomic mass is 16.6. The van der Waals surface area contributed by atoms with E-state index in [2.05, 4.69) is 22.1 Å². The van der Waals surface area contributed by atoms with E-state index in [-0.39, 0.29) is 30.7 Å². The molecule has 1 fully saturated rings. The van der Waals surface area contributed by atoms with Crippen LogP contribution in [0, 0.1) is 0 Å². The number of pyridine rings is 1. The summed E-state index contributed by atoms with van der Waals surface area (Å²) in [6, 6.07) is 3.43. The number of nitrogens with zero attached hydrogens (tertiary/aromatic N) is 3. The minimum Gasteiger partial charge on any atom is -0.444 e. The maximum absolute atomic E-state index is 12.4. The minimum absolute atomic E-state index is 0.00304. The summed E-state index contributed by atoms with van der Waals surface area (Å²) in [4.78, 5) is 32.5. The van der Waals surface area contributed by atoms with E-state index in [4.69, 9.17) is 16.2 Å². The second kappa shape index (κ2) is 27.3. The van der Waals surface area contributed by atoms with E-state index in [1.54, 1.807) is 11.1 Å². The lowest BCUT2D eigenvalue weighted by atomic mass is 10.0. The number of anilines is 1. The fourth-order valence-corrected chi connectivity index (χ4v) is 6.19. The molecule has 0 spiro atoms. The number of hydrogen-bond acceptors (Lipinski definition) is 8. The molecule has 0 radical (unpaired) electrons. The molecule has 0 bridgehead atoms. The molecule has 10 heteroatoms. The Morgan fingerprint density at radius 3 is 2.10 bits per heavy atom. The van der Waals surface area contributed by atoms with E-state index in [9.17, 15) is 14.7 Å². The topological polar surface area (TPSA) is 147 Å². The van der Waals surface area contributed by atoms with Crippen LogP contribution in [-0.4, -0.2) is 77.4 Å². The summed E-state index contributed by atoms with van der Waals surface area (Å²) in [6.07, 6.45) is 23.9. The largest absolute Gasteiger partial charge is 0.444 e. The number of nitrogens with two attached hydrogens (primary N) is 2. The Morgan fingerprint density at radius 2 is 1.57 bits per heavy atom. The van der Waals surface area contributed by atoms with E-state index in [0.717, 1.165) is 56.6 Å². The van der Waals surface area contributed by atoms with Crippen molar-refractivity contribution in [2.45, 2.75) is 174 Å². The van der Waals surface area contributed by atoms with Crippen LogP contribution in [0.1, 0.15) is 156 Å². The van der Waals surface area contributed by atoms with Gasteiger partial charge in [-0.1, -0.05) is 103 Å². The van der Waals surface area contributed by atoms with E-state index >= 15 is 0 Å². The molecule has 2 heterocycles. The van der Waals surface area contributed by atoms with Crippen molar-refractivity contribution < 1.29 is 19.4 Å². The fourth-order valence-electron chi connectivity index (χ4n) is 6.19. The molecule has 10 nitrogen and oxygen atoms in total. The van der Waals surface area contributed by atoms with Crippen LogP contribution in [0.2, 0.25) is 0 Å². The zero-order valence-corrected chi connectivity index (χ0v) is 32.0. The average molecular weight is 691 g/mol. The summed E-state index contributed by atoms with van der Waals surface area (Å²) < 4.78 is 5.50. The molecule has 49 heavy (non-hydrogen) atoms. The van der Waals surface area contributed by atoms with Gasteiger partial charge in [0, 0.05) is 37.9 Å². The van der Waals surface area contributed by atoms with Gasteiger partial charge in [-0.3, -0.25) is 4.79 Å². The third-order valence-electron chi connectivity index (χ3n) is 9.05. The second-order valence-electron chi connectivity index (χ2n) is 14.6. The Hall–Kier alpha value is -2.43. The SMILES string of the molecule is CCCCCCCCCCCCCCCCNC(=O)[C@@H](N)CCCCN.CCN(C(=O)OC(C)(C)C)[C@@H]1CCN(c2ncccc2CO)C1. The number of aromatic nitrogens is 1.